The number of nitrogens with one attached hydrogen (secondary N) is 2. The number of aromatic nitrogens is 1. The normalized spacial score (nSPS) is 16.7. The van der Waals surface area contributed by atoms with E-state index >= 15 is 0 Å². The lowest BCUT2D eigenvalue weighted by molar-refractivity contribution is 0.923. The number of pyridine rings is 1. The summed E-state index contributed by atoms with van der Waals surface area (Å²) in [4.78, 5) is 14.2. The molecule has 0 amide bonds. The molecule has 0 radical (unpaired) electrons. The van der Waals surface area contributed by atoms with Gasteiger partial charge in [-0.25, -0.2) is 0 Å². The minimum absolute atomic E-state index is 0.202. The second-order valence-electron chi connectivity index (χ2n) is 5.05. The number of rotatable bonds is 1. The zero-order valence-corrected chi connectivity index (χ0v) is 13.1. The molecule has 3 rings (SSSR count). The second kappa shape index (κ2) is 5.53. The number of hydrogen-bond donors (Lipinski definition) is 2. The first-order valence-corrected chi connectivity index (χ1v) is 7.32. The third-order valence-electron chi connectivity index (χ3n) is 3.68. The zero-order chi connectivity index (χ0) is 15.9. The van der Waals surface area contributed by atoms with Crippen LogP contribution in [-0.4, -0.2) is 4.98 Å². The highest BCUT2D eigenvalue weighted by molar-refractivity contribution is 6.42. The third kappa shape index (κ3) is 2.39. The van der Waals surface area contributed by atoms with Crippen molar-refractivity contribution in [3.05, 3.63) is 73.3 Å². The van der Waals surface area contributed by atoms with Gasteiger partial charge in [0.25, 0.3) is 0 Å². The first-order valence-electron chi connectivity index (χ1n) is 6.56. The largest absolute Gasteiger partial charge is 0.358 e. The first-order chi connectivity index (χ1) is 10.5. The van der Waals surface area contributed by atoms with Crippen molar-refractivity contribution >= 4 is 28.9 Å². The van der Waals surface area contributed by atoms with Crippen LogP contribution >= 0.6 is 23.2 Å². The number of nitrogens with zero attached hydrogens (tertiary/aromatic N) is 1. The van der Waals surface area contributed by atoms with Gasteiger partial charge < -0.3 is 10.3 Å². The summed E-state index contributed by atoms with van der Waals surface area (Å²) in [5.74, 6) is -0.298. The number of nitriles is 1. The molecule has 1 aromatic heterocycles. The molecule has 0 aliphatic carbocycles. The number of hydrogen-bond acceptors (Lipinski definition) is 3. The molecule has 2 N–H and O–H groups in total. The molecule has 1 aromatic carbocycles. The van der Waals surface area contributed by atoms with Crippen LogP contribution in [0.3, 0.4) is 0 Å². The van der Waals surface area contributed by atoms with Crippen LogP contribution in [0.1, 0.15) is 24.0 Å². The number of anilines is 1. The van der Waals surface area contributed by atoms with Crippen molar-refractivity contribution in [1.82, 2.24) is 4.98 Å². The number of benzene rings is 1. The van der Waals surface area contributed by atoms with E-state index in [1.165, 1.54) is 6.07 Å². The lowest BCUT2D eigenvalue weighted by Gasteiger charge is -2.27. The molecule has 1 aliphatic rings. The minimum Gasteiger partial charge on any atom is -0.358 e. The highest BCUT2D eigenvalue weighted by Gasteiger charge is 2.28. The number of aromatic amines is 1. The van der Waals surface area contributed by atoms with Crippen molar-refractivity contribution in [3.63, 3.8) is 0 Å². The molecular weight excluding hydrogens is 321 g/mol. The molecule has 1 atom stereocenters. The fourth-order valence-electron chi connectivity index (χ4n) is 2.66. The van der Waals surface area contributed by atoms with Crippen LogP contribution in [-0.2, 0) is 0 Å². The Morgan fingerprint density at radius 2 is 2.00 bits per heavy atom. The quantitative estimate of drug-likeness (QED) is 0.828. The fourth-order valence-corrected chi connectivity index (χ4v) is 2.96. The summed E-state index contributed by atoms with van der Waals surface area (Å²) in [5, 5.41) is 13.5. The predicted molar refractivity (Wildman–Crippen MR) is 87.3 cm³/mol. The van der Waals surface area contributed by atoms with Crippen molar-refractivity contribution < 1.29 is 0 Å². The standard InChI is InChI=1S/C16H11Cl2N3O/c1-8-10(6-19)16(9-2-3-12(17)13(18)4-9)11-7-20-15(22)5-14(11)21-8/h2-5,7,16,21H,1H3,(H,20,22). The molecule has 0 fully saturated rings. The maximum absolute atomic E-state index is 11.5. The van der Waals surface area contributed by atoms with E-state index in [9.17, 15) is 10.1 Å². The summed E-state index contributed by atoms with van der Waals surface area (Å²) < 4.78 is 0. The Hall–Kier alpha value is -2.22. The van der Waals surface area contributed by atoms with Crippen molar-refractivity contribution in [1.29, 1.82) is 5.26 Å². The molecule has 1 unspecified atom stereocenters. The molecule has 4 nitrogen and oxygen atoms in total. The van der Waals surface area contributed by atoms with Gasteiger partial charge in [-0.2, -0.15) is 5.26 Å². The lowest BCUT2D eigenvalue weighted by atomic mass is 9.82. The summed E-state index contributed by atoms with van der Waals surface area (Å²) in [6, 6.07) is 9.02. The maximum atomic E-state index is 11.5. The van der Waals surface area contributed by atoms with Crippen molar-refractivity contribution in [2.75, 3.05) is 5.32 Å². The molecule has 0 saturated heterocycles. The molecule has 0 spiro atoms. The van der Waals surface area contributed by atoms with E-state index in [0.717, 1.165) is 16.8 Å². The fraction of sp³-hybridized carbons (Fsp3) is 0.125. The van der Waals surface area contributed by atoms with Crippen molar-refractivity contribution in [3.8, 4) is 6.07 Å². The van der Waals surface area contributed by atoms with Gasteiger partial charge in [0.15, 0.2) is 0 Å². The SMILES string of the molecule is CC1=C(C#N)C(c2ccc(Cl)c(Cl)c2)c2c[nH]c(=O)cc2N1. The van der Waals surface area contributed by atoms with Crippen LogP contribution in [0.4, 0.5) is 5.69 Å². The van der Waals surface area contributed by atoms with Gasteiger partial charge in [-0.1, -0.05) is 29.3 Å². The molecule has 0 saturated carbocycles. The molecule has 22 heavy (non-hydrogen) atoms. The topological polar surface area (TPSA) is 68.7 Å². The zero-order valence-electron chi connectivity index (χ0n) is 11.6. The maximum Gasteiger partial charge on any atom is 0.250 e. The van der Waals surface area contributed by atoms with E-state index in [1.54, 1.807) is 18.3 Å². The predicted octanol–water partition coefficient (Wildman–Crippen LogP) is 4.04. The van der Waals surface area contributed by atoms with Crippen LogP contribution in [0.25, 0.3) is 0 Å². The van der Waals surface area contributed by atoms with E-state index in [4.69, 9.17) is 23.2 Å². The molecule has 1 aliphatic heterocycles. The lowest BCUT2D eigenvalue weighted by Crippen LogP contribution is -2.20. The number of fused-ring (bicyclic) bond motifs is 1. The van der Waals surface area contributed by atoms with E-state index in [1.807, 2.05) is 13.0 Å². The molecule has 2 heterocycles. The highest BCUT2D eigenvalue weighted by Crippen LogP contribution is 2.41. The summed E-state index contributed by atoms with van der Waals surface area (Å²) in [6.45, 7) is 1.81. The summed E-state index contributed by atoms with van der Waals surface area (Å²) in [5.41, 5.74) is 3.46. The highest BCUT2D eigenvalue weighted by atomic mass is 35.5. The Bertz CT molecular complexity index is 893. The molecule has 6 heteroatoms. The second-order valence-corrected chi connectivity index (χ2v) is 5.86. The third-order valence-corrected chi connectivity index (χ3v) is 4.42. The van der Waals surface area contributed by atoms with Gasteiger partial charge in [0, 0.05) is 35.1 Å². The monoisotopic (exact) mass is 331 g/mol. The van der Waals surface area contributed by atoms with E-state index in [-0.39, 0.29) is 11.5 Å². The summed E-state index contributed by atoms with van der Waals surface area (Å²) in [7, 11) is 0. The van der Waals surface area contributed by atoms with Crippen molar-refractivity contribution in [2.45, 2.75) is 12.8 Å². The average Bonchev–Trinajstić information content (AvgIpc) is 2.48. The van der Waals surface area contributed by atoms with E-state index < -0.39 is 0 Å². The Morgan fingerprint density at radius 1 is 1.23 bits per heavy atom. The van der Waals surface area contributed by atoms with Gasteiger partial charge in [-0.3, -0.25) is 4.79 Å². The van der Waals surface area contributed by atoms with E-state index in [0.29, 0.717) is 21.3 Å². The first kappa shape index (κ1) is 14.7. The molecule has 2 aromatic rings. The van der Waals surface area contributed by atoms with E-state index in [2.05, 4.69) is 16.4 Å². The minimum atomic E-state index is -0.298. The summed E-state index contributed by atoms with van der Waals surface area (Å²) in [6.07, 6.45) is 1.63. The molecule has 0 bridgehead atoms. The van der Waals surface area contributed by atoms with Crippen LogP contribution in [0.5, 0.6) is 0 Å². The van der Waals surface area contributed by atoms with Crippen LogP contribution in [0.15, 0.2) is 46.5 Å². The van der Waals surface area contributed by atoms with Gasteiger partial charge in [-0.05, 0) is 24.6 Å². The Kier molecular flexibility index (Phi) is 3.69. The molecule has 110 valence electrons. The summed E-state index contributed by atoms with van der Waals surface area (Å²) >= 11 is 12.1. The average molecular weight is 332 g/mol. The van der Waals surface area contributed by atoms with Crippen LogP contribution in [0, 0.1) is 11.3 Å². The van der Waals surface area contributed by atoms with Crippen LogP contribution < -0.4 is 10.9 Å². The van der Waals surface area contributed by atoms with Gasteiger partial charge in [-0.15, -0.1) is 0 Å². The van der Waals surface area contributed by atoms with Gasteiger partial charge in [0.05, 0.1) is 21.7 Å². The molecular formula is C16H11Cl2N3O. The Labute approximate surface area is 137 Å². The van der Waals surface area contributed by atoms with Crippen LogP contribution in [0.2, 0.25) is 10.0 Å². The number of allylic oxidation sites excluding steroid dienone is 2. The van der Waals surface area contributed by atoms with Gasteiger partial charge in [0.2, 0.25) is 5.56 Å². The van der Waals surface area contributed by atoms with Gasteiger partial charge in [0.1, 0.15) is 0 Å². The smallest absolute Gasteiger partial charge is 0.250 e. The Morgan fingerprint density at radius 3 is 2.68 bits per heavy atom. The number of halogens is 2. The van der Waals surface area contributed by atoms with Gasteiger partial charge >= 0.3 is 0 Å². The Balaban J connectivity index is 2.25. The van der Waals surface area contributed by atoms with Crippen molar-refractivity contribution in [2.24, 2.45) is 0 Å². The number of H-pyrrole nitrogens is 1.